The topological polar surface area (TPSA) is 61.9 Å². The van der Waals surface area contributed by atoms with Gasteiger partial charge in [0, 0.05) is 26.2 Å². The van der Waals surface area contributed by atoms with Crippen molar-refractivity contribution in [2.75, 3.05) is 48.5 Å². The van der Waals surface area contributed by atoms with Crippen LogP contribution in [0.3, 0.4) is 0 Å². The number of hydrogen-bond acceptors (Lipinski definition) is 6. The molecule has 2 aromatic rings. The summed E-state index contributed by atoms with van der Waals surface area (Å²) in [6, 6.07) is 7.42. The first-order valence-corrected chi connectivity index (χ1v) is 10.7. The van der Waals surface area contributed by atoms with Gasteiger partial charge in [0.15, 0.2) is 5.75 Å². The third kappa shape index (κ3) is 2.98. The molecular weight excluding hydrogens is 358 g/mol. The molecule has 1 aromatic heterocycles. The monoisotopic (exact) mass is 379 g/mol. The summed E-state index contributed by atoms with van der Waals surface area (Å²) in [5.41, 5.74) is 2.67. The van der Waals surface area contributed by atoms with E-state index < -0.39 is 10.0 Å². The molecule has 0 aliphatic carbocycles. The summed E-state index contributed by atoms with van der Waals surface area (Å²) in [4.78, 5) is 2.27. The standard InChI is InChI=1S/C17H21N3O3S2/c1-13-11-14(19-6-4-18-5-7-19)17-15(12-13)20(8-9-23-17)25(21,22)16-3-2-10-24-16/h2-3,10-12,18H,4-9H2,1H3. The highest BCUT2D eigenvalue weighted by Gasteiger charge is 2.33. The van der Waals surface area contributed by atoms with Crippen LogP contribution in [0.2, 0.25) is 0 Å². The molecule has 1 fully saturated rings. The number of nitrogens with zero attached hydrogens (tertiary/aromatic N) is 2. The number of thiophene rings is 1. The first kappa shape index (κ1) is 16.7. The Morgan fingerprint density at radius 3 is 2.64 bits per heavy atom. The number of piperazine rings is 1. The molecule has 6 nitrogen and oxygen atoms in total. The van der Waals surface area contributed by atoms with Crippen molar-refractivity contribution in [1.29, 1.82) is 0 Å². The second-order valence-electron chi connectivity index (χ2n) is 6.23. The average molecular weight is 380 g/mol. The minimum absolute atomic E-state index is 0.331. The predicted molar refractivity (Wildman–Crippen MR) is 101 cm³/mol. The number of rotatable bonds is 3. The van der Waals surface area contributed by atoms with E-state index in [0.29, 0.717) is 28.8 Å². The van der Waals surface area contributed by atoms with Gasteiger partial charge in [0.05, 0.1) is 17.9 Å². The van der Waals surface area contributed by atoms with Gasteiger partial charge in [0.25, 0.3) is 10.0 Å². The third-order valence-electron chi connectivity index (χ3n) is 4.50. The Hall–Kier alpha value is -1.77. The summed E-state index contributed by atoms with van der Waals surface area (Å²) in [7, 11) is -3.56. The first-order chi connectivity index (χ1) is 12.1. The number of hydrogen-bond donors (Lipinski definition) is 1. The van der Waals surface area contributed by atoms with Crippen LogP contribution in [-0.4, -0.2) is 47.7 Å². The van der Waals surface area contributed by atoms with Crippen molar-refractivity contribution >= 4 is 32.7 Å². The minimum Gasteiger partial charge on any atom is -0.487 e. The van der Waals surface area contributed by atoms with Gasteiger partial charge >= 0.3 is 0 Å². The van der Waals surface area contributed by atoms with Crippen molar-refractivity contribution in [3.63, 3.8) is 0 Å². The number of fused-ring (bicyclic) bond motifs is 1. The lowest BCUT2D eigenvalue weighted by Crippen LogP contribution is -2.44. The molecular formula is C17H21N3O3S2. The molecule has 3 heterocycles. The maximum atomic E-state index is 13.1. The summed E-state index contributed by atoms with van der Waals surface area (Å²) >= 11 is 1.25. The van der Waals surface area contributed by atoms with E-state index in [1.807, 2.05) is 13.0 Å². The van der Waals surface area contributed by atoms with Gasteiger partial charge in [-0.3, -0.25) is 4.31 Å². The van der Waals surface area contributed by atoms with Gasteiger partial charge < -0.3 is 15.0 Å². The smallest absolute Gasteiger partial charge is 0.274 e. The lowest BCUT2D eigenvalue weighted by Gasteiger charge is -2.36. The van der Waals surface area contributed by atoms with Crippen LogP contribution in [0.5, 0.6) is 5.75 Å². The highest BCUT2D eigenvalue weighted by atomic mass is 32.2. The molecule has 25 heavy (non-hydrogen) atoms. The quantitative estimate of drug-likeness (QED) is 0.884. The molecule has 0 spiro atoms. The van der Waals surface area contributed by atoms with E-state index in [4.69, 9.17) is 4.74 Å². The zero-order valence-electron chi connectivity index (χ0n) is 14.1. The van der Waals surface area contributed by atoms with Crippen LogP contribution < -0.4 is 19.3 Å². The van der Waals surface area contributed by atoms with E-state index in [0.717, 1.165) is 37.4 Å². The molecule has 0 bridgehead atoms. The molecule has 0 unspecified atom stereocenters. The molecule has 2 aliphatic rings. The van der Waals surface area contributed by atoms with Crippen LogP contribution in [0.1, 0.15) is 5.56 Å². The highest BCUT2D eigenvalue weighted by molar-refractivity contribution is 7.94. The lowest BCUT2D eigenvalue weighted by molar-refractivity contribution is 0.315. The van der Waals surface area contributed by atoms with Gasteiger partial charge in [-0.05, 0) is 36.1 Å². The van der Waals surface area contributed by atoms with Gasteiger partial charge in [-0.15, -0.1) is 11.3 Å². The SMILES string of the molecule is Cc1cc(N2CCNCC2)c2c(c1)N(S(=O)(=O)c1cccs1)CCO2. The molecule has 1 aromatic carbocycles. The van der Waals surface area contributed by atoms with Gasteiger partial charge in [-0.2, -0.15) is 0 Å². The molecule has 0 radical (unpaired) electrons. The Bertz CT molecular complexity index is 860. The second-order valence-corrected chi connectivity index (χ2v) is 9.26. The maximum absolute atomic E-state index is 13.1. The van der Waals surface area contributed by atoms with Gasteiger partial charge in [0.2, 0.25) is 0 Å². The predicted octanol–water partition coefficient (Wildman–Crippen LogP) is 2.05. The van der Waals surface area contributed by atoms with E-state index in [9.17, 15) is 8.42 Å². The molecule has 0 amide bonds. The zero-order chi connectivity index (χ0) is 17.4. The zero-order valence-corrected chi connectivity index (χ0v) is 15.7. The summed E-state index contributed by atoms with van der Waals surface area (Å²) in [6.45, 7) is 6.29. The molecule has 1 N–H and O–H groups in total. The molecule has 4 rings (SSSR count). The fourth-order valence-electron chi connectivity index (χ4n) is 3.33. The summed E-state index contributed by atoms with van der Waals surface area (Å²) < 4.78 is 33.9. The maximum Gasteiger partial charge on any atom is 0.274 e. The van der Waals surface area contributed by atoms with Gasteiger partial charge in [-0.25, -0.2) is 8.42 Å². The van der Waals surface area contributed by atoms with Crippen molar-refractivity contribution in [3.8, 4) is 5.75 Å². The Kier molecular flexibility index (Phi) is 4.35. The van der Waals surface area contributed by atoms with Crippen LogP contribution in [0.25, 0.3) is 0 Å². The number of ether oxygens (including phenoxy) is 1. The number of nitrogens with one attached hydrogen (secondary N) is 1. The molecule has 0 atom stereocenters. The van der Waals surface area contributed by atoms with Gasteiger partial charge in [0.1, 0.15) is 10.8 Å². The molecule has 0 saturated carbocycles. The van der Waals surface area contributed by atoms with Crippen molar-refractivity contribution in [3.05, 3.63) is 35.2 Å². The molecule has 8 heteroatoms. The van der Waals surface area contributed by atoms with Crippen molar-refractivity contribution in [1.82, 2.24) is 5.32 Å². The molecule has 134 valence electrons. The van der Waals surface area contributed by atoms with Crippen LogP contribution in [0, 0.1) is 6.92 Å². The average Bonchev–Trinajstić information content (AvgIpc) is 3.17. The number of sulfonamides is 1. The van der Waals surface area contributed by atoms with Crippen molar-refractivity contribution in [2.24, 2.45) is 0 Å². The number of aryl methyl sites for hydroxylation is 1. The van der Waals surface area contributed by atoms with E-state index >= 15 is 0 Å². The van der Waals surface area contributed by atoms with E-state index in [1.54, 1.807) is 17.5 Å². The number of anilines is 2. The fraction of sp³-hybridized carbons (Fsp3) is 0.412. The van der Waals surface area contributed by atoms with E-state index in [2.05, 4.69) is 16.3 Å². The molecule has 2 aliphatic heterocycles. The van der Waals surface area contributed by atoms with Crippen molar-refractivity contribution < 1.29 is 13.2 Å². The highest BCUT2D eigenvalue weighted by Crippen LogP contribution is 2.43. The largest absolute Gasteiger partial charge is 0.487 e. The molecule has 1 saturated heterocycles. The normalized spacial score (nSPS) is 18.0. The third-order valence-corrected chi connectivity index (χ3v) is 7.69. The summed E-state index contributed by atoms with van der Waals surface area (Å²) in [5.74, 6) is 0.680. The Morgan fingerprint density at radius 1 is 1.16 bits per heavy atom. The second kappa shape index (κ2) is 6.51. The summed E-state index contributed by atoms with van der Waals surface area (Å²) in [6.07, 6.45) is 0. The van der Waals surface area contributed by atoms with Gasteiger partial charge in [-0.1, -0.05) is 6.07 Å². The van der Waals surface area contributed by atoms with Crippen LogP contribution in [0.4, 0.5) is 11.4 Å². The van der Waals surface area contributed by atoms with Crippen LogP contribution in [0.15, 0.2) is 33.9 Å². The lowest BCUT2D eigenvalue weighted by atomic mass is 10.1. The van der Waals surface area contributed by atoms with Crippen LogP contribution in [-0.2, 0) is 10.0 Å². The Balaban J connectivity index is 1.80. The van der Waals surface area contributed by atoms with E-state index in [1.165, 1.54) is 15.6 Å². The van der Waals surface area contributed by atoms with E-state index in [-0.39, 0.29) is 0 Å². The Labute approximate surface area is 152 Å². The fourth-order valence-corrected chi connectivity index (χ4v) is 5.88. The minimum atomic E-state index is -3.56. The first-order valence-electron chi connectivity index (χ1n) is 8.37. The Morgan fingerprint density at radius 2 is 1.92 bits per heavy atom. The summed E-state index contributed by atoms with van der Waals surface area (Å²) in [5, 5.41) is 5.13. The number of benzene rings is 1. The van der Waals surface area contributed by atoms with Crippen molar-refractivity contribution in [2.45, 2.75) is 11.1 Å². The van der Waals surface area contributed by atoms with Crippen LogP contribution >= 0.6 is 11.3 Å².